The Labute approximate surface area is 164 Å². The number of benzene rings is 2. The van der Waals surface area contributed by atoms with Crippen molar-refractivity contribution in [2.45, 2.75) is 26.0 Å². The monoisotopic (exact) mass is 418 g/mol. The van der Waals surface area contributed by atoms with Crippen LogP contribution in [0, 0.1) is 13.8 Å². The first kappa shape index (κ1) is 18.5. The van der Waals surface area contributed by atoms with Crippen molar-refractivity contribution in [1.82, 2.24) is 0 Å². The van der Waals surface area contributed by atoms with Crippen LogP contribution in [-0.4, -0.2) is 33.7 Å². The molecule has 132 valence electrons. The van der Waals surface area contributed by atoms with Crippen LogP contribution in [0.5, 0.6) is 0 Å². The maximum atomic E-state index is 11.6. The van der Waals surface area contributed by atoms with Gasteiger partial charge in [-0.05, 0) is 44.2 Å². The number of aryl methyl sites for hydroxylation is 2. The zero-order chi connectivity index (χ0) is 16.7. The summed E-state index contributed by atoms with van der Waals surface area (Å²) in [6.07, 6.45) is 1.10. The van der Waals surface area contributed by atoms with Crippen molar-refractivity contribution >= 4 is 22.6 Å². The molecule has 0 fully saturated rings. The summed E-state index contributed by atoms with van der Waals surface area (Å²) in [5, 5.41) is 12.8. The minimum absolute atomic E-state index is 0. The molecule has 0 saturated heterocycles. The van der Waals surface area contributed by atoms with Gasteiger partial charge in [0.25, 0.3) is 5.72 Å². The Hall–Kier alpha value is -1.30. The molecule has 0 spiro atoms. The molecule has 2 aliphatic heterocycles. The molecule has 2 aromatic carbocycles. The quantitative estimate of drug-likeness (QED) is 0.718. The van der Waals surface area contributed by atoms with Gasteiger partial charge in [-0.2, -0.15) is 0 Å². The maximum Gasteiger partial charge on any atom is 0.316 e. The average Bonchev–Trinajstić information content (AvgIpc) is 2.91. The minimum atomic E-state index is -0.957. The number of hydrogen-bond donors (Lipinski definition) is 1. The molecule has 2 aliphatic rings. The highest BCUT2D eigenvalue weighted by Gasteiger charge is 2.53. The van der Waals surface area contributed by atoms with E-state index in [1.165, 1.54) is 16.3 Å². The Balaban J connectivity index is 0.00000182. The summed E-state index contributed by atoms with van der Waals surface area (Å²) in [4.78, 5) is 2.27. The lowest BCUT2D eigenvalue weighted by Crippen LogP contribution is -3.00. The molecule has 0 radical (unpaired) electrons. The molecule has 0 aliphatic carbocycles. The molecule has 0 bridgehead atoms. The second-order valence-electron chi connectivity index (χ2n) is 6.74. The van der Waals surface area contributed by atoms with E-state index in [9.17, 15) is 5.11 Å². The number of aliphatic hydroxyl groups is 1. The largest absolute Gasteiger partial charge is 1.00 e. The van der Waals surface area contributed by atoms with Crippen LogP contribution < -0.4 is 21.9 Å². The van der Waals surface area contributed by atoms with Crippen LogP contribution in [-0.2, 0) is 5.72 Å². The summed E-state index contributed by atoms with van der Waals surface area (Å²) in [7, 11) is 0. The van der Waals surface area contributed by atoms with Gasteiger partial charge < -0.3 is 22.1 Å². The highest BCUT2D eigenvalue weighted by molar-refractivity contribution is 8.13. The fourth-order valence-electron chi connectivity index (χ4n) is 3.49. The van der Waals surface area contributed by atoms with Gasteiger partial charge in [-0.3, -0.25) is 0 Å². The number of amidine groups is 1. The molecular formula is C20H23BrN2OS. The minimum Gasteiger partial charge on any atom is -1.00 e. The number of rotatable bonds is 2. The van der Waals surface area contributed by atoms with Crippen LogP contribution in [0.2, 0.25) is 0 Å². The summed E-state index contributed by atoms with van der Waals surface area (Å²) in [5.41, 5.74) is 3.64. The van der Waals surface area contributed by atoms with E-state index in [4.69, 9.17) is 0 Å². The molecular weight excluding hydrogens is 396 g/mol. The van der Waals surface area contributed by atoms with Crippen LogP contribution in [0.3, 0.4) is 0 Å². The third kappa shape index (κ3) is 3.25. The number of halogens is 1. The Bertz CT molecular complexity index is 788. The molecule has 0 aromatic heterocycles. The fraction of sp³-hybridized carbons (Fsp3) is 0.350. The topological polar surface area (TPSA) is 26.5 Å². The third-order valence-corrected chi connectivity index (χ3v) is 6.10. The Morgan fingerprint density at radius 2 is 1.60 bits per heavy atom. The molecule has 0 amide bonds. The smallest absolute Gasteiger partial charge is 0.316 e. The number of anilines is 1. The number of nitrogens with zero attached hydrogens (tertiary/aromatic N) is 2. The summed E-state index contributed by atoms with van der Waals surface area (Å²) in [6.45, 7) is 5.65. The Kier molecular flexibility index (Phi) is 5.28. The zero-order valence-electron chi connectivity index (χ0n) is 14.6. The SMILES string of the molecule is Cc1ccc(N2CC(O)(c3ccc(C)cc3)[N+]3=C2SCCC3)cc1.[Br-]. The maximum absolute atomic E-state index is 11.6. The van der Waals surface area contributed by atoms with Crippen molar-refractivity contribution in [3.05, 3.63) is 65.2 Å². The van der Waals surface area contributed by atoms with E-state index in [0.717, 1.165) is 30.0 Å². The van der Waals surface area contributed by atoms with Gasteiger partial charge in [-0.25, -0.2) is 9.48 Å². The molecule has 2 aromatic rings. The third-order valence-electron chi connectivity index (χ3n) is 4.90. The molecule has 25 heavy (non-hydrogen) atoms. The summed E-state index contributed by atoms with van der Waals surface area (Å²) in [5.74, 6) is 1.11. The first-order valence-electron chi connectivity index (χ1n) is 8.49. The fourth-order valence-corrected chi connectivity index (χ4v) is 4.67. The van der Waals surface area contributed by atoms with E-state index in [1.54, 1.807) is 0 Å². The van der Waals surface area contributed by atoms with Crippen LogP contribution in [0.15, 0.2) is 48.5 Å². The first-order valence-corrected chi connectivity index (χ1v) is 9.48. The van der Waals surface area contributed by atoms with Crippen LogP contribution in [0.4, 0.5) is 5.69 Å². The predicted molar refractivity (Wildman–Crippen MR) is 101 cm³/mol. The average molecular weight is 419 g/mol. The van der Waals surface area contributed by atoms with Crippen molar-refractivity contribution < 1.29 is 26.7 Å². The van der Waals surface area contributed by atoms with E-state index in [-0.39, 0.29) is 17.0 Å². The van der Waals surface area contributed by atoms with E-state index < -0.39 is 5.72 Å². The number of β-amino-alcohol motifs (C(OH)–C–C–N with tert-alkyl or cyclic N) is 1. The van der Waals surface area contributed by atoms with Crippen molar-refractivity contribution in [3.63, 3.8) is 0 Å². The molecule has 5 heteroatoms. The molecule has 0 saturated carbocycles. The first-order chi connectivity index (χ1) is 11.6. The van der Waals surface area contributed by atoms with Crippen molar-refractivity contribution in [1.29, 1.82) is 0 Å². The van der Waals surface area contributed by atoms with E-state index in [2.05, 4.69) is 71.9 Å². The van der Waals surface area contributed by atoms with E-state index in [0.29, 0.717) is 6.54 Å². The van der Waals surface area contributed by atoms with Crippen LogP contribution in [0.1, 0.15) is 23.1 Å². The normalized spacial score (nSPS) is 22.6. The molecule has 1 N–H and O–H groups in total. The summed E-state index contributed by atoms with van der Waals surface area (Å²) in [6, 6.07) is 16.9. The lowest BCUT2D eigenvalue weighted by molar-refractivity contribution is -0.656. The number of hydrogen-bond acceptors (Lipinski definition) is 3. The molecule has 2 heterocycles. The second kappa shape index (κ2) is 7.14. The van der Waals surface area contributed by atoms with E-state index in [1.807, 2.05) is 11.8 Å². The summed E-state index contributed by atoms with van der Waals surface area (Å²) >= 11 is 1.85. The van der Waals surface area contributed by atoms with Gasteiger partial charge in [0.05, 0.1) is 6.54 Å². The van der Waals surface area contributed by atoms with Gasteiger partial charge in [-0.15, -0.1) is 0 Å². The van der Waals surface area contributed by atoms with Crippen LogP contribution in [0.25, 0.3) is 0 Å². The van der Waals surface area contributed by atoms with Gasteiger partial charge in [0, 0.05) is 11.3 Å². The lowest BCUT2D eigenvalue weighted by Gasteiger charge is -2.24. The predicted octanol–water partition coefficient (Wildman–Crippen LogP) is 0.478. The van der Waals surface area contributed by atoms with Crippen LogP contribution >= 0.6 is 11.8 Å². The molecule has 1 unspecified atom stereocenters. The highest BCUT2D eigenvalue weighted by Crippen LogP contribution is 2.37. The summed E-state index contributed by atoms with van der Waals surface area (Å²) < 4.78 is 2.19. The molecule has 4 rings (SSSR count). The van der Waals surface area contributed by atoms with Gasteiger partial charge in [0.2, 0.25) is 0 Å². The second-order valence-corrected chi connectivity index (χ2v) is 7.80. The van der Waals surface area contributed by atoms with Crippen molar-refractivity contribution in [2.24, 2.45) is 0 Å². The van der Waals surface area contributed by atoms with Crippen molar-refractivity contribution in [3.8, 4) is 0 Å². The molecule has 3 nitrogen and oxygen atoms in total. The molecule has 1 atom stereocenters. The zero-order valence-corrected chi connectivity index (χ0v) is 17.0. The van der Waals surface area contributed by atoms with Gasteiger partial charge in [0.1, 0.15) is 5.69 Å². The highest BCUT2D eigenvalue weighted by atomic mass is 79.9. The number of thioether (sulfide) groups is 1. The van der Waals surface area contributed by atoms with Gasteiger partial charge in [0.15, 0.2) is 6.54 Å². The Morgan fingerprint density at radius 1 is 1.00 bits per heavy atom. The lowest BCUT2D eigenvalue weighted by atomic mass is 10.0. The van der Waals surface area contributed by atoms with Gasteiger partial charge >= 0.3 is 5.17 Å². The van der Waals surface area contributed by atoms with E-state index >= 15 is 0 Å². The standard InChI is InChI=1S/C20H23N2OS.BrH/c1-15-4-8-17(9-5-15)20(23)14-21(18-10-6-16(2)7-11-18)19-22(20)12-3-13-24-19;/h4-11,23H,3,12-14H2,1-2H3;1H/q+1;/p-1. The van der Waals surface area contributed by atoms with Gasteiger partial charge in [-0.1, -0.05) is 47.5 Å². The van der Waals surface area contributed by atoms with Crippen molar-refractivity contribution in [2.75, 3.05) is 23.7 Å². The Morgan fingerprint density at radius 3 is 2.24 bits per heavy atom.